The van der Waals surface area contributed by atoms with E-state index in [0.717, 1.165) is 0 Å². The van der Waals surface area contributed by atoms with Gasteiger partial charge in [-0.25, -0.2) is 9.59 Å². The number of Topliss-reactive ketones (excluding diaryl/α,β-unsaturated/α-hetero) is 1. The van der Waals surface area contributed by atoms with Crippen LogP contribution in [0.4, 0.5) is 4.79 Å². The summed E-state index contributed by atoms with van der Waals surface area (Å²) in [6.07, 6.45) is -1.13. The van der Waals surface area contributed by atoms with Crippen LogP contribution in [-0.2, 0) is 61.8 Å². The van der Waals surface area contributed by atoms with Crippen molar-refractivity contribution >= 4 is 23.8 Å². The van der Waals surface area contributed by atoms with Gasteiger partial charge in [-0.1, -0.05) is 0 Å². The molecule has 0 aromatic carbocycles. The maximum Gasteiger partial charge on any atom is 0.407 e. The molecule has 258 valence electrons. The number of alkyl carbamates (subject to hydrolysis) is 1. The zero-order valence-electron chi connectivity index (χ0n) is 26.3. The van der Waals surface area contributed by atoms with Crippen molar-refractivity contribution in [3.8, 4) is 0 Å². The van der Waals surface area contributed by atoms with Gasteiger partial charge >= 0.3 is 18.0 Å². The molecule has 0 spiro atoms. The summed E-state index contributed by atoms with van der Waals surface area (Å²) in [4.78, 5) is 44.1. The minimum Gasteiger partial charge on any atom is -0.476 e. The fourth-order valence-corrected chi connectivity index (χ4v) is 2.79. The third kappa shape index (κ3) is 32.5. The zero-order chi connectivity index (χ0) is 32.7. The van der Waals surface area contributed by atoms with Gasteiger partial charge in [0, 0.05) is 13.0 Å². The predicted molar refractivity (Wildman–Crippen MR) is 154 cm³/mol. The summed E-state index contributed by atoms with van der Waals surface area (Å²) in [5.74, 6) is -3.25. The predicted octanol–water partition coefficient (Wildman–Crippen LogP) is 0.621. The Balaban J connectivity index is 3.18. The van der Waals surface area contributed by atoms with Gasteiger partial charge in [-0.3, -0.25) is 9.59 Å². The molecule has 0 saturated heterocycles. The van der Waals surface area contributed by atoms with E-state index < -0.39 is 29.4 Å². The van der Waals surface area contributed by atoms with E-state index in [2.05, 4.69) is 5.32 Å². The number of carbonyl (C=O) groups is 4. The van der Waals surface area contributed by atoms with Gasteiger partial charge < -0.3 is 57.8 Å². The molecule has 0 aliphatic carbocycles. The van der Waals surface area contributed by atoms with E-state index in [9.17, 15) is 19.2 Å². The topological polar surface area (TPSA) is 193 Å². The number of hydrogen-bond acceptors (Lipinski definition) is 14. The number of esters is 1. The largest absolute Gasteiger partial charge is 0.476 e. The SMILES string of the molecule is CC(C)(C)OC(=O)NCCOCCOCCOCCOCCOCCOCCOCCOCCOC(=O)CCC(=O)C(=O)O. The second-order valence-electron chi connectivity index (χ2n) is 9.78. The van der Waals surface area contributed by atoms with Gasteiger partial charge in [0.25, 0.3) is 0 Å². The highest BCUT2D eigenvalue weighted by molar-refractivity contribution is 6.32. The first-order chi connectivity index (χ1) is 21.1. The van der Waals surface area contributed by atoms with E-state index >= 15 is 0 Å². The third-order valence-electron chi connectivity index (χ3n) is 4.80. The van der Waals surface area contributed by atoms with Crippen molar-refractivity contribution in [2.75, 3.05) is 119 Å². The van der Waals surface area contributed by atoms with Gasteiger partial charge in [0.1, 0.15) is 12.2 Å². The van der Waals surface area contributed by atoms with Crippen molar-refractivity contribution in [1.82, 2.24) is 5.32 Å². The Morgan fingerprint density at radius 2 is 0.864 bits per heavy atom. The molecule has 0 aromatic rings. The number of hydrogen-bond donors (Lipinski definition) is 2. The highest BCUT2D eigenvalue weighted by atomic mass is 16.6. The molecule has 0 aliphatic heterocycles. The molecule has 0 bridgehead atoms. The Hall–Kier alpha value is -2.44. The van der Waals surface area contributed by atoms with Gasteiger partial charge in [-0.05, 0) is 20.8 Å². The van der Waals surface area contributed by atoms with Crippen LogP contribution in [0.2, 0.25) is 0 Å². The van der Waals surface area contributed by atoms with Crippen molar-refractivity contribution in [2.24, 2.45) is 0 Å². The lowest BCUT2D eigenvalue weighted by molar-refractivity contribution is -0.151. The van der Waals surface area contributed by atoms with Crippen LogP contribution >= 0.6 is 0 Å². The number of amides is 1. The number of carboxylic acids is 1. The van der Waals surface area contributed by atoms with E-state index in [1.807, 2.05) is 0 Å². The maximum atomic E-state index is 11.5. The average Bonchev–Trinajstić information content (AvgIpc) is 2.96. The van der Waals surface area contributed by atoms with Crippen molar-refractivity contribution in [3.63, 3.8) is 0 Å². The number of carbonyl (C=O) groups excluding carboxylic acids is 3. The molecule has 0 radical (unpaired) electrons. The van der Waals surface area contributed by atoms with Crippen LogP contribution in [0, 0.1) is 0 Å². The highest BCUT2D eigenvalue weighted by Crippen LogP contribution is 2.06. The van der Waals surface area contributed by atoms with Crippen LogP contribution in [0.15, 0.2) is 0 Å². The summed E-state index contributed by atoms with van der Waals surface area (Å²) >= 11 is 0. The molecule has 0 rings (SSSR count). The Bertz CT molecular complexity index is 745. The normalized spacial score (nSPS) is 11.3. The van der Waals surface area contributed by atoms with Crippen molar-refractivity contribution in [2.45, 2.75) is 39.2 Å². The molecule has 16 nitrogen and oxygen atoms in total. The van der Waals surface area contributed by atoms with Crippen LogP contribution in [0.3, 0.4) is 0 Å². The zero-order valence-corrected chi connectivity index (χ0v) is 26.3. The quantitative estimate of drug-likeness (QED) is 0.0607. The highest BCUT2D eigenvalue weighted by Gasteiger charge is 2.15. The number of ketones is 1. The molecular formula is C28H51NO15. The van der Waals surface area contributed by atoms with E-state index in [1.54, 1.807) is 20.8 Å². The lowest BCUT2D eigenvalue weighted by Gasteiger charge is -2.19. The third-order valence-corrected chi connectivity index (χ3v) is 4.80. The molecule has 1 amide bonds. The van der Waals surface area contributed by atoms with Gasteiger partial charge in [0.05, 0.1) is 112 Å². The molecule has 0 fully saturated rings. The molecule has 0 unspecified atom stereocenters. The second kappa shape index (κ2) is 29.3. The number of aliphatic carboxylic acids is 1. The number of nitrogens with one attached hydrogen (secondary N) is 1. The summed E-state index contributed by atoms with van der Waals surface area (Å²) in [7, 11) is 0. The van der Waals surface area contributed by atoms with Crippen LogP contribution in [0.25, 0.3) is 0 Å². The summed E-state index contributed by atoms with van der Waals surface area (Å²) in [6.45, 7) is 12.2. The Morgan fingerprint density at radius 3 is 1.20 bits per heavy atom. The fourth-order valence-electron chi connectivity index (χ4n) is 2.79. The summed E-state index contributed by atoms with van der Waals surface area (Å²) < 4.78 is 53.0. The van der Waals surface area contributed by atoms with Gasteiger partial charge in [-0.15, -0.1) is 0 Å². The first kappa shape index (κ1) is 41.6. The first-order valence-corrected chi connectivity index (χ1v) is 14.6. The van der Waals surface area contributed by atoms with Crippen LogP contribution < -0.4 is 5.32 Å². The average molecular weight is 642 g/mol. The monoisotopic (exact) mass is 641 g/mol. The standard InChI is InChI=1S/C28H51NO15/c1-28(2,3)44-27(34)29-6-7-35-8-9-36-10-11-37-12-13-38-14-15-39-16-17-40-18-19-41-20-21-42-22-23-43-25(31)5-4-24(30)26(32)33/h4-23H2,1-3H3,(H,29,34)(H,32,33). The van der Waals surface area contributed by atoms with E-state index in [1.165, 1.54) is 0 Å². The fraction of sp³-hybridized carbons (Fsp3) is 0.857. The smallest absolute Gasteiger partial charge is 0.407 e. The number of ether oxygens (including phenoxy) is 10. The van der Waals surface area contributed by atoms with E-state index in [4.69, 9.17) is 52.5 Å². The van der Waals surface area contributed by atoms with Crippen molar-refractivity contribution < 1.29 is 71.7 Å². The van der Waals surface area contributed by atoms with Crippen LogP contribution in [-0.4, -0.2) is 153 Å². The first-order valence-electron chi connectivity index (χ1n) is 14.6. The maximum absolute atomic E-state index is 11.5. The van der Waals surface area contributed by atoms with Gasteiger partial charge in [0.2, 0.25) is 5.78 Å². The van der Waals surface area contributed by atoms with Crippen LogP contribution in [0.5, 0.6) is 0 Å². The Labute approximate surface area is 259 Å². The molecule has 44 heavy (non-hydrogen) atoms. The molecule has 0 atom stereocenters. The molecule has 0 aromatic heterocycles. The molecule has 0 aliphatic rings. The van der Waals surface area contributed by atoms with Gasteiger partial charge in [0.15, 0.2) is 0 Å². The number of carboxylic acid groups (broad SMARTS) is 1. The van der Waals surface area contributed by atoms with E-state index in [-0.39, 0.29) is 26.1 Å². The molecule has 16 heteroatoms. The number of rotatable bonds is 31. The summed E-state index contributed by atoms with van der Waals surface area (Å²) in [5.41, 5.74) is -0.523. The molecule has 0 saturated carbocycles. The minimum atomic E-state index is -1.57. The van der Waals surface area contributed by atoms with Crippen LogP contribution in [0.1, 0.15) is 33.6 Å². The van der Waals surface area contributed by atoms with Gasteiger partial charge in [-0.2, -0.15) is 0 Å². The van der Waals surface area contributed by atoms with E-state index in [0.29, 0.717) is 106 Å². The van der Waals surface area contributed by atoms with Crippen molar-refractivity contribution in [3.05, 3.63) is 0 Å². The lowest BCUT2D eigenvalue weighted by atomic mass is 10.2. The lowest BCUT2D eigenvalue weighted by Crippen LogP contribution is -2.34. The Kier molecular flexibility index (Phi) is 27.7. The Morgan fingerprint density at radius 1 is 0.523 bits per heavy atom. The molecular weight excluding hydrogens is 590 g/mol. The summed E-state index contributed by atoms with van der Waals surface area (Å²) in [5, 5.41) is 11.0. The summed E-state index contributed by atoms with van der Waals surface area (Å²) in [6, 6.07) is 0. The molecule has 2 N–H and O–H groups in total. The second-order valence-corrected chi connectivity index (χ2v) is 9.78. The van der Waals surface area contributed by atoms with Crippen molar-refractivity contribution in [1.29, 1.82) is 0 Å². The minimum absolute atomic E-state index is 0.00999. The molecule has 0 heterocycles.